The Balaban J connectivity index is 1.79. The van der Waals surface area contributed by atoms with Gasteiger partial charge in [-0.25, -0.2) is 9.78 Å². The maximum atomic E-state index is 11.0. The van der Waals surface area contributed by atoms with Crippen molar-refractivity contribution in [1.29, 1.82) is 0 Å². The third-order valence-corrected chi connectivity index (χ3v) is 3.88. The molecule has 3 rings (SSSR count). The Morgan fingerprint density at radius 2 is 2.14 bits per heavy atom. The number of ether oxygens (including phenoxy) is 1. The fourth-order valence-electron chi connectivity index (χ4n) is 2.73. The number of aromatic carboxylic acids is 1. The van der Waals surface area contributed by atoms with Crippen LogP contribution in [0.1, 0.15) is 27.7 Å². The first-order valence-electron chi connectivity index (χ1n) is 7.26. The molecule has 0 fully saturated rings. The molecule has 1 aromatic heterocycles. The van der Waals surface area contributed by atoms with Crippen LogP contribution in [0.2, 0.25) is 0 Å². The molecule has 2 aromatic rings. The second-order valence-corrected chi connectivity index (χ2v) is 5.37. The topological polar surface area (TPSA) is 62.7 Å². The Hall–Kier alpha value is -2.40. The van der Waals surface area contributed by atoms with Gasteiger partial charge in [-0.1, -0.05) is 30.3 Å². The highest BCUT2D eigenvalue weighted by molar-refractivity contribution is 5.85. The number of carbonyl (C=O) groups is 1. The van der Waals surface area contributed by atoms with E-state index in [-0.39, 0.29) is 11.8 Å². The van der Waals surface area contributed by atoms with Crippen molar-refractivity contribution < 1.29 is 14.6 Å². The van der Waals surface area contributed by atoms with E-state index >= 15 is 0 Å². The van der Waals surface area contributed by atoms with Gasteiger partial charge in [0.05, 0.1) is 6.61 Å². The minimum absolute atomic E-state index is 0.0229. The molecule has 0 saturated heterocycles. The van der Waals surface area contributed by atoms with E-state index in [9.17, 15) is 4.79 Å². The fourth-order valence-corrected chi connectivity index (χ4v) is 2.73. The third kappa shape index (κ3) is 2.94. The highest BCUT2D eigenvalue weighted by atomic mass is 16.5. The monoisotopic (exact) mass is 298 g/mol. The summed E-state index contributed by atoms with van der Waals surface area (Å²) in [5.41, 5.74) is 2.57. The summed E-state index contributed by atoms with van der Waals surface area (Å²) in [6.45, 7) is 1.34. The first-order chi connectivity index (χ1) is 10.6. The molecular weight excluding hydrogens is 280 g/mol. The van der Waals surface area contributed by atoms with E-state index in [0.29, 0.717) is 19.0 Å². The number of fused-ring (bicyclic) bond motifs is 1. The zero-order valence-electron chi connectivity index (χ0n) is 12.4. The van der Waals surface area contributed by atoms with Gasteiger partial charge in [-0.3, -0.25) is 0 Å². The van der Waals surface area contributed by atoms with Crippen molar-refractivity contribution in [2.45, 2.75) is 12.5 Å². The fraction of sp³-hybridized carbons (Fsp3) is 0.294. The summed E-state index contributed by atoms with van der Waals surface area (Å²) >= 11 is 0. The summed E-state index contributed by atoms with van der Waals surface area (Å²) in [7, 11) is 1.90. The molecule has 5 heteroatoms. The summed E-state index contributed by atoms with van der Waals surface area (Å²) < 4.78 is 5.89. The molecule has 5 nitrogen and oxygen atoms in total. The normalized spacial score (nSPS) is 16.9. The van der Waals surface area contributed by atoms with Gasteiger partial charge in [0.2, 0.25) is 0 Å². The Morgan fingerprint density at radius 3 is 2.95 bits per heavy atom. The van der Waals surface area contributed by atoms with Gasteiger partial charge in [-0.2, -0.15) is 0 Å². The van der Waals surface area contributed by atoms with Crippen LogP contribution in [-0.2, 0) is 11.2 Å². The number of carboxylic acids is 1. The first-order valence-corrected chi connectivity index (χ1v) is 7.26. The predicted molar refractivity (Wildman–Crippen MR) is 83.3 cm³/mol. The largest absolute Gasteiger partial charge is 0.477 e. The van der Waals surface area contributed by atoms with Crippen LogP contribution in [0.25, 0.3) is 0 Å². The molecule has 0 spiro atoms. The highest BCUT2D eigenvalue weighted by Gasteiger charge is 2.22. The second-order valence-electron chi connectivity index (χ2n) is 5.37. The van der Waals surface area contributed by atoms with Crippen molar-refractivity contribution in [3.8, 4) is 0 Å². The van der Waals surface area contributed by atoms with Crippen LogP contribution in [0.3, 0.4) is 0 Å². The van der Waals surface area contributed by atoms with Gasteiger partial charge < -0.3 is 14.7 Å². The molecule has 2 heterocycles. The lowest BCUT2D eigenvalue weighted by atomic mass is 9.97. The van der Waals surface area contributed by atoms with Crippen LogP contribution in [-0.4, -0.2) is 36.3 Å². The SMILES string of the molecule is CN(CC1OCCc2ccccc21)c1cccc(C(=O)O)n1. The van der Waals surface area contributed by atoms with Crippen LogP contribution in [0.15, 0.2) is 42.5 Å². The summed E-state index contributed by atoms with van der Waals surface area (Å²) in [5.74, 6) is -0.388. The van der Waals surface area contributed by atoms with Crippen molar-refractivity contribution in [3.05, 3.63) is 59.3 Å². The van der Waals surface area contributed by atoms with Crippen molar-refractivity contribution in [1.82, 2.24) is 4.98 Å². The van der Waals surface area contributed by atoms with Gasteiger partial charge in [0.25, 0.3) is 0 Å². The number of likely N-dealkylation sites (N-methyl/N-ethyl adjacent to an activating group) is 1. The molecule has 1 aliphatic heterocycles. The lowest BCUT2D eigenvalue weighted by Gasteiger charge is -2.30. The van der Waals surface area contributed by atoms with Crippen molar-refractivity contribution >= 4 is 11.8 Å². The summed E-state index contributed by atoms with van der Waals surface area (Å²) in [5, 5.41) is 9.04. The Bertz CT molecular complexity index is 687. The number of aromatic nitrogens is 1. The van der Waals surface area contributed by atoms with E-state index in [1.54, 1.807) is 12.1 Å². The number of carboxylic acid groups (broad SMARTS) is 1. The quantitative estimate of drug-likeness (QED) is 0.939. The van der Waals surface area contributed by atoms with Gasteiger partial charge in [0, 0.05) is 13.6 Å². The van der Waals surface area contributed by atoms with Gasteiger partial charge in [0.1, 0.15) is 11.9 Å². The minimum atomic E-state index is -1.02. The molecule has 0 saturated carbocycles. The van der Waals surface area contributed by atoms with Crippen LogP contribution < -0.4 is 4.90 Å². The van der Waals surface area contributed by atoms with Gasteiger partial charge >= 0.3 is 5.97 Å². The zero-order chi connectivity index (χ0) is 15.5. The standard InChI is InChI=1S/C17H18N2O3/c1-19(16-8-4-7-14(18-16)17(20)21)11-15-13-6-3-2-5-12(13)9-10-22-15/h2-8,15H,9-11H2,1H3,(H,20,21). The Morgan fingerprint density at radius 1 is 1.32 bits per heavy atom. The van der Waals surface area contributed by atoms with E-state index in [4.69, 9.17) is 9.84 Å². The van der Waals surface area contributed by atoms with Gasteiger partial charge in [-0.15, -0.1) is 0 Å². The van der Waals surface area contributed by atoms with Gasteiger partial charge in [-0.05, 0) is 29.7 Å². The molecule has 22 heavy (non-hydrogen) atoms. The summed E-state index contributed by atoms with van der Waals surface area (Å²) in [6.07, 6.45) is 0.911. The van der Waals surface area contributed by atoms with E-state index in [2.05, 4.69) is 17.1 Å². The molecule has 0 radical (unpaired) electrons. The Kier molecular flexibility index (Phi) is 4.06. The molecule has 0 bridgehead atoms. The smallest absolute Gasteiger partial charge is 0.354 e. The molecule has 0 aliphatic carbocycles. The number of hydrogen-bond donors (Lipinski definition) is 1. The maximum absolute atomic E-state index is 11.0. The summed E-state index contributed by atoms with van der Waals surface area (Å²) in [4.78, 5) is 17.1. The number of rotatable bonds is 4. The lowest BCUT2D eigenvalue weighted by Crippen LogP contribution is -2.30. The zero-order valence-corrected chi connectivity index (χ0v) is 12.4. The molecule has 114 valence electrons. The first kappa shape index (κ1) is 14.5. The van der Waals surface area contributed by atoms with Crippen LogP contribution in [0, 0.1) is 0 Å². The molecule has 0 amide bonds. The maximum Gasteiger partial charge on any atom is 0.354 e. The van der Waals surface area contributed by atoms with Crippen molar-refractivity contribution in [3.63, 3.8) is 0 Å². The number of anilines is 1. The molecular formula is C17H18N2O3. The van der Waals surface area contributed by atoms with E-state index in [0.717, 1.165) is 6.42 Å². The number of pyridine rings is 1. The number of nitrogens with zero attached hydrogens (tertiary/aromatic N) is 2. The lowest BCUT2D eigenvalue weighted by molar-refractivity contribution is 0.0477. The average molecular weight is 298 g/mol. The van der Waals surface area contributed by atoms with Crippen LogP contribution in [0.4, 0.5) is 5.82 Å². The third-order valence-electron chi connectivity index (χ3n) is 3.88. The van der Waals surface area contributed by atoms with Gasteiger partial charge in [0.15, 0.2) is 5.69 Å². The van der Waals surface area contributed by atoms with E-state index in [1.807, 2.05) is 24.1 Å². The van der Waals surface area contributed by atoms with Crippen molar-refractivity contribution in [2.24, 2.45) is 0 Å². The molecule has 1 atom stereocenters. The average Bonchev–Trinajstić information content (AvgIpc) is 2.55. The second kappa shape index (κ2) is 6.15. The van der Waals surface area contributed by atoms with Crippen molar-refractivity contribution in [2.75, 3.05) is 25.1 Å². The molecule has 1 N–H and O–H groups in total. The predicted octanol–water partition coefficient (Wildman–Crippen LogP) is 2.53. The highest BCUT2D eigenvalue weighted by Crippen LogP contribution is 2.28. The number of benzene rings is 1. The van der Waals surface area contributed by atoms with Crippen LogP contribution >= 0.6 is 0 Å². The van der Waals surface area contributed by atoms with E-state index in [1.165, 1.54) is 17.2 Å². The number of hydrogen-bond acceptors (Lipinski definition) is 4. The molecule has 1 unspecified atom stereocenters. The molecule has 1 aliphatic rings. The molecule has 1 aromatic carbocycles. The van der Waals surface area contributed by atoms with Crippen LogP contribution in [0.5, 0.6) is 0 Å². The van der Waals surface area contributed by atoms with E-state index < -0.39 is 5.97 Å². The summed E-state index contributed by atoms with van der Waals surface area (Å²) in [6, 6.07) is 13.3. The Labute approximate surface area is 129 Å². The minimum Gasteiger partial charge on any atom is -0.477 e.